The molecule has 5 nitrogen and oxygen atoms in total. The second-order valence-corrected chi connectivity index (χ2v) is 5.13. The Morgan fingerprint density at radius 2 is 2.32 bits per heavy atom. The normalized spacial score (nSPS) is 23.4. The highest BCUT2D eigenvalue weighted by Gasteiger charge is 2.27. The first-order chi connectivity index (χ1) is 9.15. The molecular weight excluding hydrogens is 240 g/mol. The SMILES string of the molecule is CCC1CCN(c2cccc(C(N)=O)n2)C(CN)C1. The first-order valence-electron chi connectivity index (χ1n) is 6.89. The number of amides is 1. The van der Waals surface area contributed by atoms with E-state index in [1.165, 1.54) is 6.42 Å². The monoisotopic (exact) mass is 262 g/mol. The van der Waals surface area contributed by atoms with Crippen LogP contribution in [0.1, 0.15) is 36.7 Å². The van der Waals surface area contributed by atoms with Crippen LogP contribution in [-0.4, -0.2) is 30.0 Å². The van der Waals surface area contributed by atoms with Crippen LogP contribution in [0.5, 0.6) is 0 Å². The van der Waals surface area contributed by atoms with Gasteiger partial charge in [-0.15, -0.1) is 0 Å². The van der Waals surface area contributed by atoms with Gasteiger partial charge in [-0.3, -0.25) is 4.79 Å². The molecule has 0 bridgehead atoms. The summed E-state index contributed by atoms with van der Waals surface area (Å²) in [7, 11) is 0. The summed E-state index contributed by atoms with van der Waals surface area (Å²) in [6.45, 7) is 3.77. The third-order valence-corrected chi connectivity index (χ3v) is 3.95. The zero-order valence-electron chi connectivity index (χ0n) is 11.4. The quantitative estimate of drug-likeness (QED) is 0.852. The number of carbonyl (C=O) groups excluding carboxylic acids is 1. The molecule has 2 heterocycles. The highest BCUT2D eigenvalue weighted by Crippen LogP contribution is 2.28. The van der Waals surface area contributed by atoms with Gasteiger partial charge in [0.05, 0.1) is 0 Å². The summed E-state index contributed by atoms with van der Waals surface area (Å²) in [5, 5.41) is 0. The maximum atomic E-state index is 11.2. The lowest BCUT2D eigenvalue weighted by molar-refractivity contribution is 0.0995. The molecule has 0 aliphatic carbocycles. The minimum absolute atomic E-state index is 0.300. The van der Waals surface area contributed by atoms with Gasteiger partial charge in [0.25, 0.3) is 5.91 Å². The van der Waals surface area contributed by atoms with Gasteiger partial charge in [-0.05, 0) is 30.9 Å². The van der Waals surface area contributed by atoms with E-state index in [9.17, 15) is 4.79 Å². The molecule has 1 aliphatic rings. The molecule has 1 aromatic heterocycles. The zero-order valence-corrected chi connectivity index (χ0v) is 11.4. The summed E-state index contributed by atoms with van der Waals surface area (Å²) in [6, 6.07) is 5.68. The number of piperidine rings is 1. The van der Waals surface area contributed by atoms with E-state index in [1.807, 2.05) is 12.1 Å². The highest BCUT2D eigenvalue weighted by atomic mass is 16.1. The van der Waals surface area contributed by atoms with Gasteiger partial charge in [0, 0.05) is 19.1 Å². The number of nitrogens with two attached hydrogens (primary N) is 2. The number of hydrogen-bond donors (Lipinski definition) is 2. The molecule has 1 saturated heterocycles. The number of pyridine rings is 1. The van der Waals surface area contributed by atoms with Crippen molar-refractivity contribution < 1.29 is 4.79 Å². The van der Waals surface area contributed by atoms with Crippen LogP contribution in [0.2, 0.25) is 0 Å². The van der Waals surface area contributed by atoms with Crippen molar-refractivity contribution in [2.75, 3.05) is 18.0 Å². The van der Waals surface area contributed by atoms with Crippen LogP contribution in [-0.2, 0) is 0 Å². The molecule has 0 spiro atoms. The van der Waals surface area contributed by atoms with Crippen molar-refractivity contribution in [3.8, 4) is 0 Å². The van der Waals surface area contributed by atoms with Crippen molar-refractivity contribution in [2.24, 2.45) is 17.4 Å². The summed E-state index contributed by atoms with van der Waals surface area (Å²) in [5.74, 6) is 1.06. The zero-order chi connectivity index (χ0) is 13.8. The van der Waals surface area contributed by atoms with Crippen molar-refractivity contribution >= 4 is 11.7 Å². The summed E-state index contributed by atoms with van der Waals surface area (Å²) < 4.78 is 0. The molecule has 1 amide bonds. The Labute approximate surface area is 114 Å². The molecule has 5 heteroatoms. The largest absolute Gasteiger partial charge is 0.364 e. The molecule has 2 rings (SSSR count). The number of nitrogens with zero attached hydrogens (tertiary/aromatic N) is 2. The molecule has 1 aliphatic heterocycles. The third-order valence-electron chi connectivity index (χ3n) is 3.95. The van der Waals surface area contributed by atoms with Crippen molar-refractivity contribution in [3.63, 3.8) is 0 Å². The molecule has 0 radical (unpaired) electrons. The van der Waals surface area contributed by atoms with Gasteiger partial charge in [0.15, 0.2) is 0 Å². The van der Waals surface area contributed by atoms with Crippen LogP contribution >= 0.6 is 0 Å². The van der Waals surface area contributed by atoms with E-state index in [2.05, 4.69) is 16.8 Å². The molecule has 2 unspecified atom stereocenters. The summed E-state index contributed by atoms with van der Waals surface area (Å²) >= 11 is 0. The van der Waals surface area contributed by atoms with Crippen molar-refractivity contribution in [3.05, 3.63) is 23.9 Å². The Kier molecular flexibility index (Phi) is 4.37. The minimum atomic E-state index is -0.491. The Morgan fingerprint density at radius 1 is 1.53 bits per heavy atom. The molecule has 2 atom stereocenters. The van der Waals surface area contributed by atoms with E-state index in [0.29, 0.717) is 18.3 Å². The van der Waals surface area contributed by atoms with E-state index >= 15 is 0 Å². The number of rotatable bonds is 4. The Morgan fingerprint density at radius 3 is 2.95 bits per heavy atom. The molecular formula is C14H22N4O. The second-order valence-electron chi connectivity index (χ2n) is 5.13. The lowest BCUT2D eigenvalue weighted by Gasteiger charge is -2.39. The lowest BCUT2D eigenvalue weighted by Crippen LogP contribution is -2.47. The van der Waals surface area contributed by atoms with Gasteiger partial charge in [-0.25, -0.2) is 4.98 Å². The van der Waals surface area contributed by atoms with Crippen LogP contribution in [0.4, 0.5) is 5.82 Å². The number of primary amides is 1. The molecule has 19 heavy (non-hydrogen) atoms. The molecule has 104 valence electrons. The number of anilines is 1. The van der Waals surface area contributed by atoms with Crippen molar-refractivity contribution in [2.45, 2.75) is 32.2 Å². The van der Waals surface area contributed by atoms with E-state index in [-0.39, 0.29) is 0 Å². The molecule has 0 saturated carbocycles. The standard InChI is InChI=1S/C14H22N4O/c1-2-10-6-7-18(11(8-10)9-15)13-5-3-4-12(17-13)14(16)19/h3-5,10-11H,2,6-9,15H2,1H3,(H2,16,19). The first kappa shape index (κ1) is 13.8. The summed E-state index contributed by atoms with van der Waals surface area (Å²) in [5.41, 5.74) is 11.5. The molecule has 1 aromatic rings. The van der Waals surface area contributed by atoms with Gasteiger partial charge >= 0.3 is 0 Å². The van der Waals surface area contributed by atoms with E-state index in [0.717, 1.165) is 31.1 Å². The van der Waals surface area contributed by atoms with Gasteiger partial charge in [0.2, 0.25) is 0 Å². The van der Waals surface area contributed by atoms with Crippen LogP contribution in [0.3, 0.4) is 0 Å². The Balaban J connectivity index is 2.20. The first-order valence-corrected chi connectivity index (χ1v) is 6.89. The van der Waals surface area contributed by atoms with Gasteiger partial charge in [-0.2, -0.15) is 0 Å². The lowest BCUT2D eigenvalue weighted by atomic mass is 9.89. The average molecular weight is 262 g/mol. The predicted octanol–water partition coefficient (Wildman–Crippen LogP) is 1.13. The fraction of sp³-hybridized carbons (Fsp3) is 0.571. The summed E-state index contributed by atoms with van der Waals surface area (Å²) in [6.07, 6.45) is 3.43. The van der Waals surface area contributed by atoms with Gasteiger partial charge in [0.1, 0.15) is 11.5 Å². The molecule has 4 N–H and O–H groups in total. The topological polar surface area (TPSA) is 85.2 Å². The Bertz CT molecular complexity index is 449. The number of aromatic nitrogens is 1. The van der Waals surface area contributed by atoms with Crippen molar-refractivity contribution in [1.29, 1.82) is 0 Å². The molecule has 0 aromatic carbocycles. The van der Waals surface area contributed by atoms with Crippen LogP contribution in [0, 0.1) is 5.92 Å². The van der Waals surface area contributed by atoms with Crippen molar-refractivity contribution in [1.82, 2.24) is 4.98 Å². The fourth-order valence-corrected chi connectivity index (χ4v) is 2.75. The maximum absolute atomic E-state index is 11.2. The van der Waals surface area contributed by atoms with Gasteiger partial charge < -0.3 is 16.4 Å². The average Bonchev–Trinajstić information content (AvgIpc) is 2.46. The van der Waals surface area contributed by atoms with E-state index in [4.69, 9.17) is 11.5 Å². The van der Waals surface area contributed by atoms with E-state index < -0.39 is 5.91 Å². The highest BCUT2D eigenvalue weighted by molar-refractivity contribution is 5.91. The fourth-order valence-electron chi connectivity index (χ4n) is 2.75. The minimum Gasteiger partial charge on any atom is -0.364 e. The van der Waals surface area contributed by atoms with E-state index in [1.54, 1.807) is 6.07 Å². The molecule has 1 fully saturated rings. The van der Waals surface area contributed by atoms with Crippen LogP contribution in [0.15, 0.2) is 18.2 Å². The Hall–Kier alpha value is -1.62. The van der Waals surface area contributed by atoms with Gasteiger partial charge in [-0.1, -0.05) is 19.4 Å². The second kappa shape index (κ2) is 6.02. The number of hydrogen-bond acceptors (Lipinski definition) is 4. The van der Waals surface area contributed by atoms with Crippen LogP contribution in [0.25, 0.3) is 0 Å². The number of carbonyl (C=O) groups is 1. The predicted molar refractivity (Wildman–Crippen MR) is 76.0 cm³/mol. The maximum Gasteiger partial charge on any atom is 0.267 e. The summed E-state index contributed by atoms with van der Waals surface area (Å²) in [4.78, 5) is 17.7. The third kappa shape index (κ3) is 3.04. The smallest absolute Gasteiger partial charge is 0.267 e. The van der Waals surface area contributed by atoms with Crippen LogP contribution < -0.4 is 16.4 Å².